The van der Waals surface area contributed by atoms with Crippen LogP contribution in [0.1, 0.15) is 0 Å². The van der Waals surface area contributed by atoms with Gasteiger partial charge in [-0.15, -0.1) is 29.3 Å². The minimum atomic E-state index is -0.919. The lowest BCUT2D eigenvalue weighted by molar-refractivity contribution is 0.516. The van der Waals surface area contributed by atoms with E-state index in [0.717, 1.165) is 7.57 Å². The van der Waals surface area contributed by atoms with Crippen LogP contribution in [-0.2, 0) is 6.54 Å². The highest BCUT2D eigenvalue weighted by Crippen LogP contribution is 2.43. The molecule has 0 atom stereocenters. The van der Waals surface area contributed by atoms with Crippen molar-refractivity contribution in [3.8, 4) is 20.9 Å². The maximum absolute atomic E-state index is 15.1. The van der Waals surface area contributed by atoms with Gasteiger partial charge in [-0.05, 0) is 56.1 Å². The molecule has 0 N–H and O–H groups in total. The van der Waals surface area contributed by atoms with Gasteiger partial charge in [-0.2, -0.15) is 15.0 Å². The van der Waals surface area contributed by atoms with Gasteiger partial charge in [0, 0.05) is 9.75 Å². The van der Waals surface area contributed by atoms with Crippen LogP contribution in [0.2, 0.25) is 0 Å². The lowest BCUT2D eigenvalue weighted by Gasteiger charge is -2.07. The third-order valence-electron chi connectivity index (χ3n) is 3.69. The number of thiophene rings is 2. The second-order valence-electron chi connectivity index (χ2n) is 5.33. The minimum Gasteiger partial charge on any atom is -0.203 e. The Morgan fingerprint density at radius 2 is 1.38 bits per heavy atom. The summed E-state index contributed by atoms with van der Waals surface area (Å²) in [6, 6.07) is 7.06. The predicted molar refractivity (Wildman–Crippen MR) is 110 cm³/mol. The molecule has 4 rings (SSSR count). The first-order valence-corrected chi connectivity index (χ1v) is 10.6. The van der Waals surface area contributed by atoms with E-state index in [0.29, 0.717) is 27.3 Å². The van der Waals surface area contributed by atoms with Crippen molar-refractivity contribution in [1.29, 1.82) is 0 Å². The molecule has 0 aliphatic carbocycles. The van der Waals surface area contributed by atoms with Crippen molar-refractivity contribution < 1.29 is 8.78 Å². The molecule has 0 fully saturated rings. The normalized spacial score (nSPS) is 11.4. The summed E-state index contributed by atoms with van der Waals surface area (Å²) in [5.41, 5.74) is 0.921. The number of halogens is 4. The van der Waals surface area contributed by atoms with E-state index in [1.54, 1.807) is 30.3 Å². The standard InChI is InChI=1S/C17H9Br2F2N3S2/c1-2-7-24-22-16-12(8-3-5-10(18)25-8)14(20)15(21)13(17(16)23-24)9-4-6-11(19)26-9/h2-6H,1,7H2. The van der Waals surface area contributed by atoms with Gasteiger partial charge in [0.1, 0.15) is 11.0 Å². The van der Waals surface area contributed by atoms with Crippen molar-refractivity contribution in [2.24, 2.45) is 0 Å². The van der Waals surface area contributed by atoms with Crippen LogP contribution in [0.15, 0.2) is 44.5 Å². The van der Waals surface area contributed by atoms with Gasteiger partial charge in [0.25, 0.3) is 0 Å². The molecular weight excluding hydrogens is 508 g/mol. The van der Waals surface area contributed by atoms with Gasteiger partial charge in [-0.1, -0.05) is 6.08 Å². The van der Waals surface area contributed by atoms with Crippen molar-refractivity contribution >= 4 is 65.6 Å². The fraction of sp³-hybridized carbons (Fsp3) is 0.0588. The summed E-state index contributed by atoms with van der Waals surface area (Å²) in [5.74, 6) is -1.84. The molecule has 0 aliphatic rings. The number of hydrogen-bond donors (Lipinski definition) is 0. The summed E-state index contributed by atoms with van der Waals surface area (Å²) in [7, 11) is 0. The number of rotatable bonds is 4. The Bertz CT molecular complexity index is 1060. The molecule has 0 saturated carbocycles. The zero-order valence-electron chi connectivity index (χ0n) is 13.0. The van der Waals surface area contributed by atoms with Gasteiger partial charge in [-0.3, -0.25) is 0 Å². The average molecular weight is 517 g/mol. The highest BCUT2D eigenvalue weighted by atomic mass is 79.9. The lowest BCUT2D eigenvalue weighted by Crippen LogP contribution is -1.98. The molecule has 0 unspecified atom stereocenters. The lowest BCUT2D eigenvalue weighted by atomic mass is 10.0. The minimum absolute atomic E-state index is 0.128. The van der Waals surface area contributed by atoms with Crippen molar-refractivity contribution in [1.82, 2.24) is 15.0 Å². The summed E-state index contributed by atoms with van der Waals surface area (Å²) < 4.78 is 31.8. The van der Waals surface area contributed by atoms with Gasteiger partial charge in [0.15, 0.2) is 11.6 Å². The van der Waals surface area contributed by atoms with Crippen LogP contribution in [0.5, 0.6) is 0 Å². The molecule has 26 heavy (non-hydrogen) atoms. The van der Waals surface area contributed by atoms with Gasteiger partial charge in [-0.25, -0.2) is 8.78 Å². The summed E-state index contributed by atoms with van der Waals surface area (Å²) in [6.45, 7) is 4.02. The Hall–Kier alpha value is -1.42. The molecule has 3 nitrogen and oxygen atoms in total. The second-order valence-corrected chi connectivity index (χ2v) is 10.3. The Kier molecular flexibility index (Phi) is 4.81. The van der Waals surface area contributed by atoms with Gasteiger partial charge >= 0.3 is 0 Å². The zero-order valence-corrected chi connectivity index (χ0v) is 17.8. The van der Waals surface area contributed by atoms with Crippen LogP contribution in [0.4, 0.5) is 8.78 Å². The smallest absolute Gasteiger partial charge is 0.170 e. The Labute approximate surface area is 172 Å². The molecule has 0 aliphatic heterocycles. The van der Waals surface area contributed by atoms with E-state index < -0.39 is 11.6 Å². The molecular formula is C17H9Br2F2N3S2. The van der Waals surface area contributed by atoms with Crippen LogP contribution < -0.4 is 0 Å². The Morgan fingerprint density at radius 1 is 0.923 bits per heavy atom. The van der Waals surface area contributed by atoms with Crippen LogP contribution in [0.25, 0.3) is 31.9 Å². The summed E-state index contributed by atoms with van der Waals surface area (Å²) in [4.78, 5) is 2.57. The molecule has 4 aromatic rings. The van der Waals surface area contributed by atoms with E-state index in [4.69, 9.17) is 0 Å². The predicted octanol–water partition coefficient (Wildman–Crippen LogP) is 6.88. The van der Waals surface area contributed by atoms with E-state index in [1.165, 1.54) is 27.5 Å². The van der Waals surface area contributed by atoms with E-state index in [9.17, 15) is 0 Å². The molecule has 0 saturated heterocycles. The van der Waals surface area contributed by atoms with Crippen LogP contribution in [0, 0.1) is 11.6 Å². The number of nitrogens with zero attached hydrogens (tertiary/aromatic N) is 3. The van der Waals surface area contributed by atoms with E-state index in [-0.39, 0.29) is 11.1 Å². The molecule has 132 valence electrons. The van der Waals surface area contributed by atoms with E-state index >= 15 is 8.78 Å². The first-order chi connectivity index (χ1) is 12.5. The fourth-order valence-electron chi connectivity index (χ4n) is 2.66. The molecule has 1 aromatic carbocycles. The molecule has 3 aromatic heterocycles. The summed E-state index contributed by atoms with van der Waals surface area (Å²) >= 11 is 9.36. The number of benzene rings is 1. The van der Waals surface area contributed by atoms with Crippen molar-refractivity contribution in [3.63, 3.8) is 0 Å². The van der Waals surface area contributed by atoms with Gasteiger partial charge in [0.2, 0.25) is 0 Å². The first-order valence-electron chi connectivity index (χ1n) is 7.37. The molecule has 0 spiro atoms. The molecule has 0 bridgehead atoms. The number of fused-ring (bicyclic) bond motifs is 1. The first kappa shape index (κ1) is 18.0. The largest absolute Gasteiger partial charge is 0.203 e. The SMILES string of the molecule is C=CCn1nc2c(-c3ccc(Br)s3)c(F)c(F)c(-c3ccc(Br)s3)c2n1. The van der Waals surface area contributed by atoms with Crippen molar-refractivity contribution in [3.05, 3.63) is 56.1 Å². The van der Waals surface area contributed by atoms with Gasteiger partial charge < -0.3 is 0 Å². The third kappa shape index (κ3) is 2.96. The maximum atomic E-state index is 15.1. The van der Waals surface area contributed by atoms with Crippen molar-refractivity contribution in [2.45, 2.75) is 6.54 Å². The highest BCUT2D eigenvalue weighted by Gasteiger charge is 2.27. The summed E-state index contributed by atoms with van der Waals surface area (Å²) in [5, 5.41) is 8.79. The van der Waals surface area contributed by atoms with Crippen LogP contribution >= 0.6 is 54.5 Å². The van der Waals surface area contributed by atoms with Crippen molar-refractivity contribution in [2.75, 3.05) is 0 Å². The maximum Gasteiger partial charge on any atom is 0.170 e. The third-order valence-corrected chi connectivity index (χ3v) is 6.97. The number of hydrogen-bond acceptors (Lipinski definition) is 4. The zero-order chi connectivity index (χ0) is 18.4. The monoisotopic (exact) mass is 515 g/mol. The quantitative estimate of drug-likeness (QED) is 0.277. The molecule has 0 amide bonds. The van der Waals surface area contributed by atoms with Gasteiger partial charge in [0.05, 0.1) is 25.2 Å². The average Bonchev–Trinajstić information content (AvgIpc) is 3.30. The Balaban J connectivity index is 2.10. The molecule has 9 heteroatoms. The van der Waals surface area contributed by atoms with Crippen LogP contribution in [-0.4, -0.2) is 15.0 Å². The second kappa shape index (κ2) is 6.95. The van der Waals surface area contributed by atoms with E-state index in [1.807, 2.05) is 0 Å². The Morgan fingerprint density at radius 3 is 1.73 bits per heavy atom. The highest BCUT2D eigenvalue weighted by molar-refractivity contribution is 9.11. The van der Waals surface area contributed by atoms with E-state index in [2.05, 4.69) is 48.6 Å². The number of aromatic nitrogens is 3. The topological polar surface area (TPSA) is 30.7 Å². The number of allylic oxidation sites excluding steroid dienone is 1. The summed E-state index contributed by atoms with van der Waals surface area (Å²) in [6.07, 6.45) is 1.63. The van der Waals surface area contributed by atoms with Crippen LogP contribution in [0.3, 0.4) is 0 Å². The fourth-order valence-corrected chi connectivity index (χ4v) is 5.51. The molecule has 3 heterocycles. The molecule has 0 radical (unpaired) electrons.